The van der Waals surface area contributed by atoms with Crippen molar-refractivity contribution in [3.63, 3.8) is 0 Å². The number of benzene rings is 2. The first kappa shape index (κ1) is 12.4. The van der Waals surface area contributed by atoms with Gasteiger partial charge in [-0.15, -0.1) is 0 Å². The summed E-state index contributed by atoms with van der Waals surface area (Å²) in [7, 11) is 1.88. The molecule has 2 aromatic carbocycles. The fourth-order valence-corrected chi connectivity index (χ4v) is 1.69. The van der Waals surface area contributed by atoms with Gasteiger partial charge in [0.1, 0.15) is 0 Å². The second kappa shape index (κ2) is 5.04. The average Bonchev–Trinajstić information content (AvgIpc) is 2.39. The maximum atomic E-state index is 12.4. The Hall–Kier alpha value is -2.10. The van der Waals surface area contributed by atoms with E-state index in [1.54, 1.807) is 24.3 Å². The van der Waals surface area contributed by atoms with Gasteiger partial charge in [-0.25, -0.2) is 8.78 Å². The summed E-state index contributed by atoms with van der Waals surface area (Å²) in [6, 6.07) is 13.6. The molecule has 0 saturated heterocycles. The van der Waals surface area contributed by atoms with Crippen molar-refractivity contribution >= 4 is 17.1 Å². The molecule has 4 heteroatoms. The van der Waals surface area contributed by atoms with E-state index in [1.807, 2.05) is 24.1 Å². The first-order valence-corrected chi connectivity index (χ1v) is 5.55. The van der Waals surface area contributed by atoms with Crippen LogP contribution in [0.2, 0.25) is 0 Å². The quantitative estimate of drug-likeness (QED) is 0.832. The number of nitrogens with two attached hydrogens (primary N) is 1. The molecule has 0 unspecified atom stereocenters. The van der Waals surface area contributed by atoms with Crippen molar-refractivity contribution in [1.82, 2.24) is 0 Å². The highest BCUT2D eigenvalue weighted by atomic mass is 19.3. The van der Waals surface area contributed by atoms with E-state index in [1.165, 1.54) is 12.1 Å². The minimum absolute atomic E-state index is 0.0319. The lowest BCUT2D eigenvalue weighted by Gasteiger charge is -2.19. The Morgan fingerprint density at radius 3 is 1.78 bits per heavy atom. The van der Waals surface area contributed by atoms with Crippen LogP contribution in [0.5, 0.6) is 0 Å². The van der Waals surface area contributed by atoms with E-state index >= 15 is 0 Å². The Balaban J connectivity index is 2.23. The van der Waals surface area contributed by atoms with Crippen LogP contribution in [0, 0.1) is 0 Å². The first-order valence-electron chi connectivity index (χ1n) is 5.55. The molecule has 0 radical (unpaired) electrons. The zero-order chi connectivity index (χ0) is 13.1. The largest absolute Gasteiger partial charge is 0.399 e. The van der Waals surface area contributed by atoms with E-state index in [2.05, 4.69) is 0 Å². The lowest BCUT2D eigenvalue weighted by Crippen LogP contribution is -2.09. The van der Waals surface area contributed by atoms with Crippen molar-refractivity contribution in [2.24, 2.45) is 0 Å². The van der Waals surface area contributed by atoms with Crippen molar-refractivity contribution in [2.45, 2.75) is 6.43 Å². The summed E-state index contributed by atoms with van der Waals surface area (Å²) < 4.78 is 24.9. The Labute approximate surface area is 105 Å². The van der Waals surface area contributed by atoms with Crippen molar-refractivity contribution < 1.29 is 8.78 Å². The van der Waals surface area contributed by atoms with E-state index in [0.29, 0.717) is 5.69 Å². The molecule has 18 heavy (non-hydrogen) atoms. The minimum atomic E-state index is -2.43. The highest BCUT2D eigenvalue weighted by molar-refractivity contribution is 5.64. The van der Waals surface area contributed by atoms with Crippen LogP contribution in [0.25, 0.3) is 0 Å². The zero-order valence-electron chi connectivity index (χ0n) is 9.98. The van der Waals surface area contributed by atoms with Gasteiger partial charge in [-0.2, -0.15) is 0 Å². The fourth-order valence-electron chi connectivity index (χ4n) is 1.69. The van der Waals surface area contributed by atoms with Crippen LogP contribution < -0.4 is 10.6 Å². The Morgan fingerprint density at radius 1 is 0.889 bits per heavy atom. The van der Waals surface area contributed by atoms with E-state index in [-0.39, 0.29) is 5.56 Å². The first-order chi connectivity index (χ1) is 8.58. The molecule has 0 spiro atoms. The number of hydrogen-bond donors (Lipinski definition) is 1. The third-order valence-corrected chi connectivity index (χ3v) is 2.81. The summed E-state index contributed by atoms with van der Waals surface area (Å²) in [6.07, 6.45) is -2.43. The Kier molecular flexibility index (Phi) is 3.46. The van der Waals surface area contributed by atoms with Crippen LogP contribution >= 0.6 is 0 Å². The number of rotatable bonds is 3. The van der Waals surface area contributed by atoms with Gasteiger partial charge in [0, 0.05) is 29.7 Å². The van der Waals surface area contributed by atoms with E-state index in [9.17, 15) is 8.78 Å². The van der Waals surface area contributed by atoms with E-state index < -0.39 is 6.43 Å². The average molecular weight is 248 g/mol. The molecular weight excluding hydrogens is 234 g/mol. The topological polar surface area (TPSA) is 29.3 Å². The van der Waals surface area contributed by atoms with Gasteiger partial charge in [0.2, 0.25) is 0 Å². The molecule has 0 atom stereocenters. The standard InChI is InChI=1S/C14H14F2N2/c1-18(13-8-4-11(17)5-9-13)12-6-2-10(3-7-12)14(15)16/h2-9,14H,17H2,1H3. The predicted molar refractivity (Wildman–Crippen MR) is 70.3 cm³/mol. The third-order valence-electron chi connectivity index (χ3n) is 2.81. The second-order valence-corrected chi connectivity index (χ2v) is 4.04. The molecule has 0 amide bonds. The maximum Gasteiger partial charge on any atom is 0.263 e. The summed E-state index contributed by atoms with van der Waals surface area (Å²) in [5, 5.41) is 0. The summed E-state index contributed by atoms with van der Waals surface area (Å²) >= 11 is 0. The normalized spacial score (nSPS) is 10.7. The lowest BCUT2D eigenvalue weighted by atomic mass is 10.2. The van der Waals surface area contributed by atoms with Crippen LogP contribution in [-0.4, -0.2) is 7.05 Å². The fraction of sp³-hybridized carbons (Fsp3) is 0.143. The molecule has 94 valence electrons. The predicted octanol–water partition coefficient (Wildman–Crippen LogP) is 3.97. The zero-order valence-corrected chi connectivity index (χ0v) is 9.98. The van der Waals surface area contributed by atoms with Crippen LogP contribution in [0.15, 0.2) is 48.5 Å². The lowest BCUT2D eigenvalue weighted by molar-refractivity contribution is 0.151. The van der Waals surface area contributed by atoms with E-state index in [4.69, 9.17) is 5.73 Å². The van der Waals surface area contributed by atoms with Gasteiger partial charge in [-0.3, -0.25) is 0 Å². The molecule has 0 aliphatic carbocycles. The molecule has 0 bridgehead atoms. The molecule has 0 aliphatic heterocycles. The van der Waals surface area contributed by atoms with Crippen LogP contribution in [0.3, 0.4) is 0 Å². The van der Waals surface area contributed by atoms with Gasteiger partial charge in [0.15, 0.2) is 0 Å². The molecule has 0 fully saturated rings. The van der Waals surface area contributed by atoms with Crippen LogP contribution in [-0.2, 0) is 0 Å². The van der Waals surface area contributed by atoms with Crippen LogP contribution in [0.1, 0.15) is 12.0 Å². The third kappa shape index (κ3) is 2.59. The van der Waals surface area contributed by atoms with Gasteiger partial charge >= 0.3 is 0 Å². The van der Waals surface area contributed by atoms with Crippen molar-refractivity contribution in [3.8, 4) is 0 Å². The summed E-state index contributed by atoms with van der Waals surface area (Å²) in [5.74, 6) is 0. The molecule has 2 N–H and O–H groups in total. The highest BCUT2D eigenvalue weighted by Gasteiger charge is 2.08. The van der Waals surface area contributed by atoms with Gasteiger partial charge in [0.05, 0.1) is 0 Å². The summed E-state index contributed by atoms with van der Waals surface area (Å²) in [4.78, 5) is 1.91. The van der Waals surface area contributed by atoms with Crippen molar-refractivity contribution in [3.05, 3.63) is 54.1 Å². The number of nitrogens with zero attached hydrogens (tertiary/aromatic N) is 1. The Bertz CT molecular complexity index is 506. The number of nitrogen functional groups attached to an aromatic ring is 1. The molecule has 2 nitrogen and oxygen atoms in total. The van der Waals surface area contributed by atoms with Gasteiger partial charge in [-0.1, -0.05) is 12.1 Å². The van der Waals surface area contributed by atoms with E-state index in [0.717, 1.165) is 11.4 Å². The summed E-state index contributed by atoms with van der Waals surface area (Å²) in [6.45, 7) is 0. The number of alkyl halides is 2. The molecule has 2 aromatic rings. The van der Waals surface area contributed by atoms with Crippen LogP contribution in [0.4, 0.5) is 25.8 Å². The van der Waals surface area contributed by atoms with Gasteiger partial charge in [-0.05, 0) is 36.4 Å². The van der Waals surface area contributed by atoms with Gasteiger partial charge < -0.3 is 10.6 Å². The minimum Gasteiger partial charge on any atom is -0.399 e. The number of halogens is 2. The number of hydrogen-bond acceptors (Lipinski definition) is 2. The molecule has 0 saturated carbocycles. The molecule has 0 heterocycles. The monoisotopic (exact) mass is 248 g/mol. The molecular formula is C14H14F2N2. The smallest absolute Gasteiger partial charge is 0.263 e. The summed E-state index contributed by atoms with van der Waals surface area (Å²) in [5.41, 5.74) is 8.15. The SMILES string of the molecule is CN(c1ccc(N)cc1)c1ccc(C(F)F)cc1. The van der Waals surface area contributed by atoms with Crippen molar-refractivity contribution in [2.75, 3.05) is 17.7 Å². The molecule has 0 aromatic heterocycles. The molecule has 2 rings (SSSR count). The molecule has 0 aliphatic rings. The second-order valence-electron chi connectivity index (χ2n) is 4.04. The maximum absolute atomic E-state index is 12.4. The highest BCUT2D eigenvalue weighted by Crippen LogP contribution is 2.26. The van der Waals surface area contributed by atoms with Gasteiger partial charge in [0.25, 0.3) is 6.43 Å². The van der Waals surface area contributed by atoms with Crippen molar-refractivity contribution in [1.29, 1.82) is 0 Å². The number of anilines is 3. The Morgan fingerprint density at radius 2 is 1.33 bits per heavy atom.